The number of fused-ring (bicyclic) bond motifs is 1. The van der Waals surface area contributed by atoms with Gasteiger partial charge in [-0.25, -0.2) is 8.42 Å². The molecule has 1 amide bonds. The van der Waals surface area contributed by atoms with Crippen molar-refractivity contribution < 1.29 is 13.2 Å². The van der Waals surface area contributed by atoms with E-state index in [0.717, 1.165) is 0 Å². The predicted octanol–water partition coefficient (Wildman–Crippen LogP) is 1.30. The summed E-state index contributed by atoms with van der Waals surface area (Å²) < 4.78 is 23.9. The first kappa shape index (κ1) is 11.8. The zero-order chi connectivity index (χ0) is 12.9. The molecule has 2 aliphatic rings. The second-order valence-electron chi connectivity index (χ2n) is 4.41. The van der Waals surface area contributed by atoms with E-state index in [1.54, 1.807) is 24.3 Å². The fraction of sp³-hybridized carbons (Fsp3) is 0.250. The van der Waals surface area contributed by atoms with Crippen LogP contribution in [0.2, 0.25) is 0 Å². The van der Waals surface area contributed by atoms with Crippen molar-refractivity contribution in [3.05, 3.63) is 35.2 Å². The summed E-state index contributed by atoms with van der Waals surface area (Å²) in [5.41, 5.74) is 1.08. The van der Waals surface area contributed by atoms with Gasteiger partial charge in [-0.3, -0.25) is 4.79 Å². The van der Waals surface area contributed by atoms with Gasteiger partial charge in [0.25, 0.3) is 0 Å². The number of sulfone groups is 1. The minimum atomic E-state index is -3.41. The van der Waals surface area contributed by atoms with E-state index in [2.05, 4.69) is 12.6 Å². The lowest BCUT2D eigenvalue weighted by atomic mass is 10.1. The van der Waals surface area contributed by atoms with Crippen LogP contribution in [-0.4, -0.2) is 31.0 Å². The van der Waals surface area contributed by atoms with E-state index in [-0.39, 0.29) is 16.1 Å². The molecule has 1 unspecified atom stereocenters. The third-order valence-electron chi connectivity index (χ3n) is 3.13. The van der Waals surface area contributed by atoms with Crippen LogP contribution >= 0.6 is 12.6 Å². The Hall–Kier alpha value is -1.27. The van der Waals surface area contributed by atoms with Crippen LogP contribution in [0.1, 0.15) is 12.0 Å². The molecule has 1 atom stereocenters. The molecule has 4 nitrogen and oxygen atoms in total. The molecule has 1 aromatic carbocycles. The molecule has 2 heterocycles. The van der Waals surface area contributed by atoms with Gasteiger partial charge in [-0.1, -0.05) is 18.2 Å². The van der Waals surface area contributed by atoms with E-state index in [1.165, 1.54) is 10.3 Å². The molecule has 0 saturated carbocycles. The summed E-state index contributed by atoms with van der Waals surface area (Å²) in [4.78, 5) is 13.6. The number of amides is 1. The van der Waals surface area contributed by atoms with E-state index >= 15 is 0 Å². The van der Waals surface area contributed by atoms with Gasteiger partial charge in [-0.05, 0) is 6.07 Å². The summed E-state index contributed by atoms with van der Waals surface area (Å²) in [7, 11) is -3.41. The monoisotopic (exact) mass is 281 g/mol. The third-order valence-corrected chi connectivity index (χ3v) is 4.98. The Bertz CT molecular complexity index is 664. The molecular formula is C12H11NO3S2. The van der Waals surface area contributed by atoms with Crippen LogP contribution in [0.3, 0.4) is 0 Å². The Morgan fingerprint density at radius 2 is 2.00 bits per heavy atom. The molecule has 1 fully saturated rings. The highest BCUT2D eigenvalue weighted by atomic mass is 32.2. The summed E-state index contributed by atoms with van der Waals surface area (Å²) in [5, 5.41) is 1.15. The molecule has 0 N–H and O–H groups in total. The largest absolute Gasteiger partial charge is 0.310 e. The Balaban J connectivity index is 2.13. The summed E-state index contributed by atoms with van der Waals surface area (Å²) in [6.07, 6.45) is 0.350. The molecule has 2 aliphatic heterocycles. The Labute approximate surface area is 111 Å². The van der Waals surface area contributed by atoms with Crippen molar-refractivity contribution in [2.24, 2.45) is 0 Å². The van der Waals surface area contributed by atoms with Gasteiger partial charge >= 0.3 is 0 Å². The molecule has 0 spiro atoms. The quantitative estimate of drug-likeness (QED) is 0.790. The van der Waals surface area contributed by atoms with Crippen LogP contribution in [0.15, 0.2) is 34.6 Å². The molecule has 3 rings (SSSR count). The molecule has 0 aliphatic carbocycles. The summed E-state index contributed by atoms with van der Waals surface area (Å²) in [6, 6.07) is 6.74. The first-order valence-electron chi connectivity index (χ1n) is 5.53. The topological polar surface area (TPSA) is 54.5 Å². The number of carbonyl (C=O) groups excluding carboxylic acids is 1. The van der Waals surface area contributed by atoms with E-state index in [0.29, 0.717) is 24.2 Å². The number of hydrogen-bond acceptors (Lipinski definition) is 4. The molecular weight excluding hydrogens is 270 g/mol. The summed E-state index contributed by atoms with van der Waals surface area (Å²) in [5.74, 6) is -0.0758. The molecule has 1 saturated heterocycles. The van der Waals surface area contributed by atoms with E-state index in [4.69, 9.17) is 0 Å². The summed E-state index contributed by atoms with van der Waals surface area (Å²) in [6.45, 7) is 0.456. The number of nitrogens with zero attached hydrogens (tertiary/aromatic N) is 1. The van der Waals surface area contributed by atoms with Crippen molar-refractivity contribution >= 4 is 34.1 Å². The maximum Gasteiger partial charge on any atom is 0.228 e. The van der Waals surface area contributed by atoms with Gasteiger partial charge < -0.3 is 4.90 Å². The average Bonchev–Trinajstić information content (AvgIpc) is 2.78. The highest BCUT2D eigenvalue weighted by Gasteiger charge is 2.36. The molecule has 0 radical (unpaired) electrons. The lowest BCUT2D eigenvalue weighted by Gasteiger charge is -2.17. The van der Waals surface area contributed by atoms with E-state index in [1.807, 2.05) is 0 Å². The highest BCUT2D eigenvalue weighted by molar-refractivity contribution is 7.95. The number of hydrogen-bond donors (Lipinski definition) is 1. The van der Waals surface area contributed by atoms with Gasteiger partial charge in [0, 0.05) is 23.8 Å². The van der Waals surface area contributed by atoms with Crippen LogP contribution in [-0.2, 0) is 14.6 Å². The zero-order valence-corrected chi connectivity index (χ0v) is 11.1. The van der Waals surface area contributed by atoms with Crippen molar-refractivity contribution in [2.75, 3.05) is 6.54 Å². The molecule has 0 aromatic heterocycles. The number of rotatable bonds is 1. The van der Waals surface area contributed by atoms with Crippen LogP contribution in [0.5, 0.6) is 0 Å². The average molecular weight is 281 g/mol. The number of carbonyl (C=O) groups is 1. The molecule has 0 bridgehead atoms. The van der Waals surface area contributed by atoms with Crippen molar-refractivity contribution in [1.29, 1.82) is 0 Å². The van der Waals surface area contributed by atoms with Crippen molar-refractivity contribution in [3.8, 4) is 0 Å². The molecule has 1 aromatic rings. The first-order valence-corrected chi connectivity index (χ1v) is 7.60. The maximum atomic E-state index is 12.0. The smallest absolute Gasteiger partial charge is 0.228 e. The molecule has 94 valence electrons. The fourth-order valence-corrected chi connectivity index (χ4v) is 4.07. The van der Waals surface area contributed by atoms with Gasteiger partial charge in [0.05, 0.1) is 16.0 Å². The second kappa shape index (κ2) is 3.86. The lowest BCUT2D eigenvalue weighted by molar-refractivity contribution is -0.124. The van der Waals surface area contributed by atoms with Crippen LogP contribution < -0.4 is 0 Å². The SMILES string of the molecule is O=C1CC(S)CN1C1=CS(=O)(=O)c2ccccc21. The van der Waals surface area contributed by atoms with Gasteiger partial charge in [0.15, 0.2) is 0 Å². The Morgan fingerprint density at radius 3 is 2.67 bits per heavy atom. The Kier molecular flexibility index (Phi) is 2.53. The van der Waals surface area contributed by atoms with Crippen LogP contribution in [0, 0.1) is 0 Å². The zero-order valence-electron chi connectivity index (χ0n) is 9.41. The first-order chi connectivity index (χ1) is 8.49. The fourth-order valence-electron chi connectivity index (χ4n) is 2.33. The van der Waals surface area contributed by atoms with Crippen LogP contribution in [0.25, 0.3) is 5.70 Å². The number of benzene rings is 1. The van der Waals surface area contributed by atoms with Gasteiger partial charge in [0.2, 0.25) is 15.7 Å². The standard InChI is InChI=1S/C12H11NO3S2/c14-12-5-8(17)6-13(12)10-7-18(15,16)11-4-2-1-3-9(10)11/h1-4,7-8,17H,5-6H2. The molecule has 18 heavy (non-hydrogen) atoms. The third kappa shape index (κ3) is 1.67. The normalized spacial score (nSPS) is 25.2. The maximum absolute atomic E-state index is 12.0. The predicted molar refractivity (Wildman–Crippen MR) is 70.7 cm³/mol. The Morgan fingerprint density at radius 1 is 1.28 bits per heavy atom. The van der Waals surface area contributed by atoms with Crippen molar-refractivity contribution in [3.63, 3.8) is 0 Å². The minimum absolute atomic E-state index is 0.0335. The van der Waals surface area contributed by atoms with Gasteiger partial charge in [-0.2, -0.15) is 12.6 Å². The van der Waals surface area contributed by atoms with Crippen molar-refractivity contribution in [2.45, 2.75) is 16.6 Å². The number of likely N-dealkylation sites (tertiary alicyclic amines) is 1. The lowest BCUT2D eigenvalue weighted by Crippen LogP contribution is -2.23. The van der Waals surface area contributed by atoms with E-state index < -0.39 is 9.84 Å². The van der Waals surface area contributed by atoms with Gasteiger partial charge in [0.1, 0.15) is 0 Å². The molecule has 6 heteroatoms. The van der Waals surface area contributed by atoms with E-state index in [9.17, 15) is 13.2 Å². The number of thiol groups is 1. The summed E-state index contributed by atoms with van der Waals surface area (Å²) >= 11 is 4.28. The van der Waals surface area contributed by atoms with Gasteiger partial charge in [-0.15, -0.1) is 0 Å². The highest BCUT2D eigenvalue weighted by Crippen LogP contribution is 2.37. The van der Waals surface area contributed by atoms with Crippen LogP contribution in [0.4, 0.5) is 0 Å². The second-order valence-corrected chi connectivity index (χ2v) is 6.90. The van der Waals surface area contributed by atoms with Crippen molar-refractivity contribution in [1.82, 2.24) is 4.90 Å². The minimum Gasteiger partial charge on any atom is -0.310 e.